The van der Waals surface area contributed by atoms with E-state index in [0.717, 1.165) is 18.8 Å². The van der Waals surface area contributed by atoms with Crippen molar-refractivity contribution >= 4 is 5.82 Å². The van der Waals surface area contributed by atoms with E-state index in [1.54, 1.807) is 6.20 Å². The number of rotatable bonds is 2. The zero-order valence-electron chi connectivity index (χ0n) is 11.2. The first-order valence-corrected chi connectivity index (χ1v) is 6.94. The summed E-state index contributed by atoms with van der Waals surface area (Å²) in [5.41, 5.74) is 1.39. The summed E-state index contributed by atoms with van der Waals surface area (Å²) in [4.78, 5) is 21.5. The molecule has 0 radical (unpaired) electrons. The standard InChI is InChI=1S/C14H21N3O/c1-10(2)11-7-15-12(13(18)16-11)17-8-14(9-17)5-3-4-6-14/h7,10H,3-6,8-9H2,1-2H3,(H,16,18). The Bertz CT molecular complexity index is 492. The first kappa shape index (κ1) is 11.8. The monoisotopic (exact) mass is 247 g/mol. The molecule has 1 aromatic rings. The average molecular weight is 247 g/mol. The minimum atomic E-state index is -0.0333. The van der Waals surface area contributed by atoms with Crippen LogP contribution >= 0.6 is 0 Å². The highest BCUT2D eigenvalue weighted by molar-refractivity contribution is 5.41. The molecule has 4 heteroatoms. The van der Waals surface area contributed by atoms with Gasteiger partial charge in [-0.2, -0.15) is 0 Å². The third kappa shape index (κ3) is 1.84. The van der Waals surface area contributed by atoms with Gasteiger partial charge in [0.05, 0.1) is 0 Å². The summed E-state index contributed by atoms with van der Waals surface area (Å²) in [7, 11) is 0. The van der Waals surface area contributed by atoms with Crippen molar-refractivity contribution < 1.29 is 0 Å². The summed E-state index contributed by atoms with van der Waals surface area (Å²) in [5, 5.41) is 0. The summed E-state index contributed by atoms with van der Waals surface area (Å²) in [5.74, 6) is 0.925. The Balaban J connectivity index is 1.76. The van der Waals surface area contributed by atoms with Crippen molar-refractivity contribution in [2.75, 3.05) is 18.0 Å². The molecule has 1 saturated heterocycles. The van der Waals surface area contributed by atoms with E-state index < -0.39 is 0 Å². The molecule has 1 N–H and O–H groups in total. The molecule has 1 aromatic heterocycles. The fourth-order valence-electron chi connectivity index (χ4n) is 3.28. The Hall–Kier alpha value is -1.32. The molecule has 3 rings (SSSR count). The maximum Gasteiger partial charge on any atom is 0.291 e. The van der Waals surface area contributed by atoms with Gasteiger partial charge in [0.1, 0.15) is 0 Å². The van der Waals surface area contributed by atoms with Crippen LogP contribution in [0.3, 0.4) is 0 Å². The fraction of sp³-hybridized carbons (Fsp3) is 0.714. The van der Waals surface area contributed by atoms with E-state index in [1.807, 2.05) is 0 Å². The topological polar surface area (TPSA) is 49.0 Å². The first-order chi connectivity index (χ1) is 8.60. The summed E-state index contributed by atoms with van der Waals surface area (Å²) >= 11 is 0. The molecule has 0 unspecified atom stereocenters. The number of anilines is 1. The molecule has 0 atom stereocenters. The third-order valence-corrected chi connectivity index (χ3v) is 4.43. The number of hydrogen-bond acceptors (Lipinski definition) is 3. The predicted octanol–water partition coefficient (Wildman–Crippen LogP) is 2.27. The number of aromatic nitrogens is 2. The normalized spacial score (nSPS) is 21.6. The molecule has 1 aliphatic heterocycles. The molecule has 1 aliphatic carbocycles. The number of aromatic amines is 1. The molecule has 18 heavy (non-hydrogen) atoms. The van der Waals surface area contributed by atoms with Crippen LogP contribution in [0.2, 0.25) is 0 Å². The number of nitrogens with zero attached hydrogens (tertiary/aromatic N) is 2. The third-order valence-electron chi connectivity index (χ3n) is 4.43. The highest BCUT2D eigenvalue weighted by Gasteiger charge is 2.45. The van der Waals surface area contributed by atoms with E-state index in [4.69, 9.17) is 0 Å². The van der Waals surface area contributed by atoms with Gasteiger partial charge >= 0.3 is 0 Å². The Morgan fingerprint density at radius 1 is 1.33 bits per heavy atom. The van der Waals surface area contributed by atoms with Crippen molar-refractivity contribution in [1.29, 1.82) is 0 Å². The lowest BCUT2D eigenvalue weighted by Gasteiger charge is -2.48. The Labute approximate surface area is 107 Å². The fourth-order valence-corrected chi connectivity index (χ4v) is 3.28. The van der Waals surface area contributed by atoms with Crippen molar-refractivity contribution in [3.8, 4) is 0 Å². The molecule has 2 fully saturated rings. The van der Waals surface area contributed by atoms with Crippen molar-refractivity contribution in [3.63, 3.8) is 0 Å². The summed E-state index contributed by atoms with van der Waals surface area (Å²) in [6, 6.07) is 0. The molecule has 0 aromatic carbocycles. The molecule has 1 saturated carbocycles. The van der Waals surface area contributed by atoms with Gasteiger partial charge in [0.2, 0.25) is 0 Å². The van der Waals surface area contributed by atoms with E-state index >= 15 is 0 Å². The maximum absolute atomic E-state index is 12.0. The Morgan fingerprint density at radius 2 is 2.00 bits per heavy atom. The van der Waals surface area contributed by atoms with E-state index in [1.165, 1.54) is 25.7 Å². The van der Waals surface area contributed by atoms with Gasteiger partial charge in [-0.15, -0.1) is 0 Å². The summed E-state index contributed by atoms with van der Waals surface area (Å²) in [6.45, 7) is 6.15. The van der Waals surface area contributed by atoms with Gasteiger partial charge in [0, 0.05) is 30.4 Å². The van der Waals surface area contributed by atoms with Gasteiger partial charge in [-0.1, -0.05) is 26.7 Å². The van der Waals surface area contributed by atoms with Crippen LogP contribution in [0.15, 0.2) is 11.0 Å². The number of hydrogen-bond donors (Lipinski definition) is 1. The van der Waals surface area contributed by atoms with Crippen molar-refractivity contribution in [3.05, 3.63) is 22.2 Å². The first-order valence-electron chi connectivity index (χ1n) is 6.94. The lowest BCUT2D eigenvalue weighted by Crippen LogP contribution is -2.56. The van der Waals surface area contributed by atoms with Gasteiger partial charge in [0.25, 0.3) is 5.56 Å². The molecule has 4 nitrogen and oxygen atoms in total. The summed E-state index contributed by atoms with van der Waals surface area (Å²) in [6.07, 6.45) is 7.16. The van der Waals surface area contributed by atoms with E-state index in [2.05, 4.69) is 28.7 Å². The van der Waals surface area contributed by atoms with Crippen LogP contribution in [-0.4, -0.2) is 23.1 Å². The van der Waals surface area contributed by atoms with Gasteiger partial charge in [-0.3, -0.25) is 4.79 Å². The largest absolute Gasteiger partial charge is 0.351 e. The average Bonchev–Trinajstić information content (AvgIpc) is 2.76. The van der Waals surface area contributed by atoms with Crippen LogP contribution < -0.4 is 10.5 Å². The van der Waals surface area contributed by atoms with Crippen LogP contribution in [0.5, 0.6) is 0 Å². The number of H-pyrrole nitrogens is 1. The van der Waals surface area contributed by atoms with Crippen molar-refractivity contribution in [2.45, 2.75) is 45.4 Å². The molecule has 2 heterocycles. The minimum absolute atomic E-state index is 0.0333. The predicted molar refractivity (Wildman–Crippen MR) is 72.1 cm³/mol. The van der Waals surface area contributed by atoms with Crippen molar-refractivity contribution in [2.24, 2.45) is 5.41 Å². The Morgan fingerprint density at radius 3 is 2.56 bits per heavy atom. The second kappa shape index (κ2) is 4.11. The molecule has 0 bridgehead atoms. The van der Waals surface area contributed by atoms with E-state index in [9.17, 15) is 4.79 Å². The second-order valence-corrected chi connectivity index (χ2v) is 6.21. The molecule has 0 amide bonds. The van der Waals surface area contributed by atoms with Crippen LogP contribution in [0.1, 0.15) is 51.1 Å². The smallest absolute Gasteiger partial charge is 0.291 e. The van der Waals surface area contributed by atoms with E-state index in [-0.39, 0.29) is 5.56 Å². The van der Waals surface area contributed by atoms with Crippen LogP contribution in [0, 0.1) is 5.41 Å². The van der Waals surface area contributed by atoms with Crippen LogP contribution in [0.25, 0.3) is 0 Å². The summed E-state index contributed by atoms with van der Waals surface area (Å²) < 4.78 is 0. The van der Waals surface area contributed by atoms with E-state index in [0.29, 0.717) is 17.2 Å². The van der Waals surface area contributed by atoms with Gasteiger partial charge < -0.3 is 9.88 Å². The van der Waals surface area contributed by atoms with Gasteiger partial charge in [-0.25, -0.2) is 4.98 Å². The maximum atomic E-state index is 12.0. The Kier molecular flexibility index (Phi) is 2.68. The van der Waals surface area contributed by atoms with Crippen LogP contribution in [-0.2, 0) is 0 Å². The molecular weight excluding hydrogens is 226 g/mol. The number of nitrogens with one attached hydrogen (secondary N) is 1. The van der Waals surface area contributed by atoms with Gasteiger partial charge in [0.15, 0.2) is 5.82 Å². The zero-order chi connectivity index (χ0) is 12.8. The van der Waals surface area contributed by atoms with Gasteiger partial charge in [-0.05, 0) is 18.8 Å². The minimum Gasteiger partial charge on any atom is -0.351 e. The molecule has 98 valence electrons. The van der Waals surface area contributed by atoms with Crippen LogP contribution in [0.4, 0.5) is 5.82 Å². The lowest BCUT2D eigenvalue weighted by atomic mass is 9.78. The highest BCUT2D eigenvalue weighted by atomic mass is 16.1. The zero-order valence-corrected chi connectivity index (χ0v) is 11.2. The molecular formula is C14H21N3O. The quantitative estimate of drug-likeness (QED) is 0.872. The SMILES string of the molecule is CC(C)c1cnc(N2CC3(CCCC3)C2)c(=O)[nH]1. The highest BCUT2D eigenvalue weighted by Crippen LogP contribution is 2.45. The molecule has 1 spiro atoms. The second-order valence-electron chi connectivity index (χ2n) is 6.21. The molecule has 2 aliphatic rings. The lowest BCUT2D eigenvalue weighted by molar-refractivity contribution is 0.220. The van der Waals surface area contributed by atoms with Crippen molar-refractivity contribution in [1.82, 2.24) is 9.97 Å².